The van der Waals surface area contributed by atoms with Gasteiger partial charge < -0.3 is 10.2 Å². The molecule has 200 valence electrons. The zero-order valence-electron chi connectivity index (χ0n) is 21.4. The third-order valence-electron chi connectivity index (χ3n) is 6.74. The van der Waals surface area contributed by atoms with Crippen molar-refractivity contribution in [2.24, 2.45) is 0 Å². The Morgan fingerprint density at radius 3 is 2.56 bits per heavy atom. The Bertz CT molecular complexity index is 1540. The van der Waals surface area contributed by atoms with E-state index in [4.69, 9.17) is 0 Å². The lowest BCUT2D eigenvalue weighted by atomic mass is 10.0. The number of fused-ring (bicyclic) bond motifs is 1. The third kappa shape index (κ3) is 6.28. The molecule has 10 heteroatoms. The van der Waals surface area contributed by atoms with Crippen LogP contribution in [-0.4, -0.2) is 62.8 Å². The molecular weight excluding hydrogens is 505 g/mol. The number of piperazine rings is 1. The highest BCUT2D eigenvalue weighted by Gasteiger charge is 2.34. The molecule has 1 aliphatic rings. The molecule has 1 N–H and O–H groups in total. The lowest BCUT2D eigenvalue weighted by Crippen LogP contribution is -2.45. The molecule has 0 saturated carbocycles. The van der Waals surface area contributed by atoms with Crippen LogP contribution >= 0.6 is 0 Å². The summed E-state index contributed by atoms with van der Waals surface area (Å²) in [5.74, 6) is 5.57. The number of hydrogen-bond acceptors (Lipinski definition) is 5. The summed E-state index contributed by atoms with van der Waals surface area (Å²) >= 11 is 0. The fraction of sp³-hybridized carbons (Fsp3) is 0.276. The number of carbonyl (C=O) groups is 1. The molecule has 1 fully saturated rings. The molecule has 1 saturated heterocycles. The second kappa shape index (κ2) is 11.3. The zero-order chi connectivity index (χ0) is 27.4. The molecule has 0 unspecified atom stereocenters. The standard InChI is InChI=1S/C29H27F3N6O/c1-2-36-13-15-37(16-14-36)20-23-8-7-22(18-25(23)29(30,31)32)28(39)35-26-17-21(10-11-33-26)6-9-24-19-34-27-5-3-4-12-38(24)27/h3-5,7-8,10-12,17-19H,2,13-16,20H2,1H3,(H,33,35,39). The van der Waals surface area contributed by atoms with Crippen LogP contribution in [0.5, 0.6) is 0 Å². The Labute approximate surface area is 224 Å². The van der Waals surface area contributed by atoms with Crippen LogP contribution in [0.3, 0.4) is 0 Å². The van der Waals surface area contributed by atoms with E-state index in [0.29, 0.717) is 24.3 Å². The lowest BCUT2D eigenvalue weighted by molar-refractivity contribution is -0.138. The van der Waals surface area contributed by atoms with Crippen molar-refractivity contribution in [1.82, 2.24) is 24.2 Å². The Morgan fingerprint density at radius 2 is 1.79 bits per heavy atom. The smallest absolute Gasteiger partial charge is 0.307 e. The van der Waals surface area contributed by atoms with Crippen molar-refractivity contribution >= 4 is 17.4 Å². The van der Waals surface area contributed by atoms with E-state index in [9.17, 15) is 18.0 Å². The molecule has 1 aliphatic heterocycles. The number of amides is 1. The van der Waals surface area contributed by atoms with Gasteiger partial charge in [0.2, 0.25) is 0 Å². The van der Waals surface area contributed by atoms with Crippen molar-refractivity contribution < 1.29 is 18.0 Å². The van der Waals surface area contributed by atoms with Gasteiger partial charge in [-0.1, -0.05) is 25.0 Å². The highest BCUT2D eigenvalue weighted by molar-refractivity contribution is 6.04. The number of likely N-dealkylation sites (N-methyl/N-ethyl adjacent to an activating group) is 1. The van der Waals surface area contributed by atoms with Crippen LogP contribution in [0.1, 0.15) is 39.7 Å². The van der Waals surface area contributed by atoms with Gasteiger partial charge in [-0.15, -0.1) is 0 Å². The minimum Gasteiger partial charge on any atom is -0.307 e. The number of anilines is 1. The number of benzene rings is 1. The average Bonchev–Trinajstić information content (AvgIpc) is 3.35. The first kappa shape index (κ1) is 26.4. The highest BCUT2D eigenvalue weighted by atomic mass is 19.4. The van der Waals surface area contributed by atoms with Gasteiger partial charge in [-0.05, 0) is 54.4 Å². The van der Waals surface area contributed by atoms with E-state index in [2.05, 4.69) is 38.9 Å². The van der Waals surface area contributed by atoms with E-state index in [1.54, 1.807) is 18.3 Å². The molecule has 39 heavy (non-hydrogen) atoms. The van der Waals surface area contributed by atoms with E-state index in [1.165, 1.54) is 18.3 Å². The van der Waals surface area contributed by atoms with Crippen molar-refractivity contribution in [3.05, 3.63) is 95.1 Å². The Kier molecular flexibility index (Phi) is 7.63. The van der Waals surface area contributed by atoms with Crippen molar-refractivity contribution in [3.63, 3.8) is 0 Å². The van der Waals surface area contributed by atoms with Gasteiger partial charge in [-0.25, -0.2) is 9.97 Å². The molecule has 1 aromatic carbocycles. The number of hydrogen-bond donors (Lipinski definition) is 1. The number of nitrogens with zero attached hydrogens (tertiary/aromatic N) is 5. The Morgan fingerprint density at radius 1 is 1.00 bits per heavy atom. The zero-order valence-corrected chi connectivity index (χ0v) is 21.4. The summed E-state index contributed by atoms with van der Waals surface area (Å²) in [5, 5.41) is 2.59. The molecule has 3 aromatic heterocycles. The van der Waals surface area contributed by atoms with Crippen LogP contribution in [0.4, 0.5) is 19.0 Å². The molecule has 7 nitrogen and oxygen atoms in total. The monoisotopic (exact) mass is 532 g/mol. The van der Waals surface area contributed by atoms with E-state index < -0.39 is 17.6 Å². The molecule has 0 radical (unpaired) electrons. The van der Waals surface area contributed by atoms with Crippen LogP contribution in [0.25, 0.3) is 5.65 Å². The van der Waals surface area contributed by atoms with Crippen LogP contribution in [0.2, 0.25) is 0 Å². The molecule has 0 atom stereocenters. The number of nitrogens with one attached hydrogen (secondary N) is 1. The van der Waals surface area contributed by atoms with Crippen molar-refractivity contribution in [2.75, 3.05) is 38.0 Å². The minimum atomic E-state index is -4.58. The summed E-state index contributed by atoms with van der Waals surface area (Å²) in [6, 6.07) is 12.6. The number of pyridine rings is 2. The average molecular weight is 533 g/mol. The number of aromatic nitrogens is 3. The maximum Gasteiger partial charge on any atom is 0.416 e. The molecule has 4 aromatic rings. The molecule has 5 rings (SSSR count). The predicted octanol–water partition coefficient (Wildman–Crippen LogP) is 4.54. The second-order valence-electron chi connectivity index (χ2n) is 9.29. The third-order valence-corrected chi connectivity index (χ3v) is 6.74. The number of carbonyl (C=O) groups excluding carboxylic acids is 1. The van der Waals surface area contributed by atoms with Crippen LogP contribution in [0, 0.1) is 11.8 Å². The highest BCUT2D eigenvalue weighted by Crippen LogP contribution is 2.33. The summed E-state index contributed by atoms with van der Waals surface area (Å²) in [4.78, 5) is 25.6. The number of halogens is 3. The van der Waals surface area contributed by atoms with Gasteiger partial charge in [-0.3, -0.25) is 14.1 Å². The number of imidazole rings is 1. The first-order chi connectivity index (χ1) is 18.8. The molecule has 0 spiro atoms. The molecule has 0 bridgehead atoms. The Hall–Kier alpha value is -4.20. The second-order valence-corrected chi connectivity index (χ2v) is 9.29. The maximum atomic E-state index is 13.9. The van der Waals surface area contributed by atoms with Crippen LogP contribution in [0.15, 0.2) is 67.1 Å². The Balaban J connectivity index is 1.31. The van der Waals surface area contributed by atoms with Gasteiger partial charge in [0.05, 0.1) is 11.8 Å². The van der Waals surface area contributed by atoms with E-state index in [1.807, 2.05) is 33.7 Å². The molecule has 0 aliphatic carbocycles. The van der Waals surface area contributed by atoms with Crippen molar-refractivity contribution in [3.8, 4) is 11.8 Å². The largest absolute Gasteiger partial charge is 0.416 e. The van der Waals surface area contributed by atoms with Gasteiger partial charge in [0.1, 0.15) is 17.2 Å². The maximum absolute atomic E-state index is 13.9. The van der Waals surface area contributed by atoms with Crippen LogP contribution in [-0.2, 0) is 12.7 Å². The van der Waals surface area contributed by atoms with Crippen molar-refractivity contribution in [2.45, 2.75) is 19.6 Å². The van der Waals surface area contributed by atoms with Gasteiger partial charge in [-0.2, -0.15) is 13.2 Å². The fourth-order valence-corrected chi connectivity index (χ4v) is 4.55. The van der Waals surface area contributed by atoms with E-state index in [-0.39, 0.29) is 23.5 Å². The van der Waals surface area contributed by atoms with Gasteiger partial charge in [0.15, 0.2) is 0 Å². The summed E-state index contributed by atoms with van der Waals surface area (Å²) in [5.41, 5.74) is 1.32. The first-order valence-electron chi connectivity index (χ1n) is 12.7. The topological polar surface area (TPSA) is 65.8 Å². The summed E-state index contributed by atoms with van der Waals surface area (Å²) < 4.78 is 43.7. The predicted molar refractivity (Wildman–Crippen MR) is 142 cm³/mol. The number of alkyl halides is 3. The molecule has 1 amide bonds. The fourth-order valence-electron chi connectivity index (χ4n) is 4.55. The quantitative estimate of drug-likeness (QED) is 0.383. The lowest BCUT2D eigenvalue weighted by Gasteiger charge is -2.34. The minimum absolute atomic E-state index is 0.0918. The van der Waals surface area contributed by atoms with Gasteiger partial charge in [0.25, 0.3) is 5.91 Å². The SMILES string of the molecule is CCN1CCN(Cc2ccc(C(=O)Nc3cc(C#Cc4cnc5ccccn45)ccn3)cc2C(F)(F)F)CC1. The number of rotatable bonds is 5. The first-order valence-corrected chi connectivity index (χ1v) is 12.7. The molecular formula is C29H27F3N6O. The molecule has 4 heterocycles. The van der Waals surface area contributed by atoms with Gasteiger partial charge >= 0.3 is 6.18 Å². The summed E-state index contributed by atoms with van der Waals surface area (Å²) in [6.45, 7) is 6.25. The van der Waals surface area contributed by atoms with E-state index >= 15 is 0 Å². The van der Waals surface area contributed by atoms with Crippen molar-refractivity contribution in [1.29, 1.82) is 0 Å². The summed E-state index contributed by atoms with van der Waals surface area (Å²) in [6.07, 6.45) is 0.426. The normalized spacial score (nSPS) is 14.7. The summed E-state index contributed by atoms with van der Waals surface area (Å²) in [7, 11) is 0. The van der Waals surface area contributed by atoms with Gasteiger partial charge in [0, 0.05) is 56.2 Å². The van der Waals surface area contributed by atoms with Crippen LogP contribution < -0.4 is 5.32 Å². The van der Waals surface area contributed by atoms with E-state index in [0.717, 1.165) is 31.3 Å².